The fourth-order valence-corrected chi connectivity index (χ4v) is 1.63. The van der Waals surface area contributed by atoms with Crippen molar-refractivity contribution in [3.8, 4) is 0 Å². The molecule has 0 saturated heterocycles. The van der Waals surface area contributed by atoms with Crippen LogP contribution in [0.2, 0.25) is 0 Å². The van der Waals surface area contributed by atoms with Gasteiger partial charge in [0.25, 0.3) is 5.91 Å². The van der Waals surface area contributed by atoms with Crippen molar-refractivity contribution in [2.45, 2.75) is 18.9 Å². The van der Waals surface area contributed by atoms with Crippen LogP contribution in [0.5, 0.6) is 0 Å². The van der Waals surface area contributed by atoms with Crippen molar-refractivity contribution in [2.75, 3.05) is 6.54 Å². The number of nitrogens with zero attached hydrogens (tertiary/aromatic N) is 1. The van der Waals surface area contributed by atoms with Crippen LogP contribution in [0, 0.1) is 0 Å². The number of carboxylic acids is 1. The van der Waals surface area contributed by atoms with E-state index in [1.807, 2.05) is 0 Å². The van der Waals surface area contributed by atoms with Crippen LogP contribution in [-0.4, -0.2) is 39.2 Å². The number of nitrogens with one attached hydrogen (secondary N) is 1. The summed E-state index contributed by atoms with van der Waals surface area (Å²) in [7, 11) is 0. The monoisotopic (exact) mass is 316 g/mol. The zero-order chi connectivity index (χ0) is 13.8. The molecule has 7 heteroatoms. The molecule has 3 N–H and O–H groups in total. The fraction of sp³-hybridized carbons (Fsp3) is 0.364. The standard InChI is InChI=1S/C11H13BrN2O4/c1-11(18,5-9(15)16)6-13-10(17)7-3-2-4-8(12)14-7/h2-4,18H,5-6H2,1H3,(H,13,17)(H,15,16). The van der Waals surface area contributed by atoms with Gasteiger partial charge in [-0.2, -0.15) is 0 Å². The second kappa shape index (κ2) is 5.92. The molecule has 0 spiro atoms. The molecule has 0 saturated carbocycles. The lowest BCUT2D eigenvalue weighted by molar-refractivity contribution is -0.141. The number of aliphatic hydroxyl groups is 1. The molecule has 0 aliphatic rings. The second-order valence-corrected chi connectivity index (χ2v) is 4.91. The highest BCUT2D eigenvalue weighted by molar-refractivity contribution is 9.10. The molecule has 1 unspecified atom stereocenters. The number of halogens is 1. The van der Waals surface area contributed by atoms with Crippen molar-refractivity contribution in [1.29, 1.82) is 0 Å². The van der Waals surface area contributed by atoms with Crippen LogP contribution < -0.4 is 5.32 Å². The van der Waals surface area contributed by atoms with E-state index in [4.69, 9.17) is 5.11 Å². The van der Waals surface area contributed by atoms with Crippen molar-refractivity contribution in [3.63, 3.8) is 0 Å². The van der Waals surface area contributed by atoms with Crippen molar-refractivity contribution in [3.05, 3.63) is 28.5 Å². The minimum absolute atomic E-state index is 0.160. The van der Waals surface area contributed by atoms with Crippen molar-refractivity contribution < 1.29 is 19.8 Å². The normalized spacial score (nSPS) is 13.7. The summed E-state index contributed by atoms with van der Waals surface area (Å²) < 4.78 is 0.521. The first-order valence-electron chi connectivity index (χ1n) is 5.15. The molecule has 1 aromatic heterocycles. The van der Waals surface area contributed by atoms with Gasteiger partial charge in [0.2, 0.25) is 0 Å². The van der Waals surface area contributed by atoms with Gasteiger partial charge in [-0.1, -0.05) is 6.07 Å². The zero-order valence-corrected chi connectivity index (χ0v) is 11.3. The highest BCUT2D eigenvalue weighted by atomic mass is 79.9. The number of carboxylic acid groups (broad SMARTS) is 1. The van der Waals surface area contributed by atoms with Crippen LogP contribution in [-0.2, 0) is 4.79 Å². The van der Waals surface area contributed by atoms with E-state index in [0.717, 1.165) is 0 Å². The van der Waals surface area contributed by atoms with Gasteiger partial charge in [0.15, 0.2) is 0 Å². The van der Waals surface area contributed by atoms with E-state index in [1.54, 1.807) is 12.1 Å². The zero-order valence-electron chi connectivity index (χ0n) is 9.68. The van der Waals surface area contributed by atoms with E-state index < -0.39 is 23.9 Å². The van der Waals surface area contributed by atoms with Crippen LogP contribution >= 0.6 is 15.9 Å². The molecule has 0 fully saturated rings. The van der Waals surface area contributed by atoms with Crippen LogP contribution in [0.25, 0.3) is 0 Å². The molecule has 0 aromatic carbocycles. The van der Waals surface area contributed by atoms with Gasteiger partial charge >= 0.3 is 5.97 Å². The first kappa shape index (κ1) is 14.6. The van der Waals surface area contributed by atoms with E-state index in [0.29, 0.717) is 4.60 Å². The van der Waals surface area contributed by atoms with Gasteiger partial charge in [0, 0.05) is 6.54 Å². The summed E-state index contributed by atoms with van der Waals surface area (Å²) in [5.41, 5.74) is -1.30. The Labute approximate surface area is 112 Å². The summed E-state index contributed by atoms with van der Waals surface area (Å²) in [5, 5.41) is 20.7. The molecule has 1 amide bonds. The molecule has 1 rings (SSSR count). The minimum atomic E-state index is -1.49. The average molecular weight is 317 g/mol. The van der Waals surface area contributed by atoms with E-state index in [2.05, 4.69) is 26.2 Å². The first-order valence-corrected chi connectivity index (χ1v) is 5.94. The van der Waals surface area contributed by atoms with Crippen LogP contribution in [0.1, 0.15) is 23.8 Å². The van der Waals surface area contributed by atoms with E-state index in [9.17, 15) is 14.7 Å². The molecule has 0 aliphatic carbocycles. The SMILES string of the molecule is CC(O)(CNC(=O)c1cccc(Br)n1)CC(=O)O. The lowest BCUT2D eigenvalue weighted by Crippen LogP contribution is -2.42. The average Bonchev–Trinajstić information content (AvgIpc) is 2.24. The van der Waals surface area contributed by atoms with Crippen molar-refractivity contribution in [1.82, 2.24) is 10.3 Å². The Morgan fingerprint density at radius 3 is 2.72 bits per heavy atom. The number of pyridine rings is 1. The quantitative estimate of drug-likeness (QED) is 0.698. The molecule has 0 bridgehead atoms. The van der Waals surface area contributed by atoms with Gasteiger partial charge in [-0.3, -0.25) is 9.59 Å². The maximum atomic E-state index is 11.7. The number of carbonyl (C=O) groups excluding carboxylic acids is 1. The molecule has 1 aromatic rings. The summed E-state index contributed by atoms with van der Waals surface area (Å²) in [4.78, 5) is 26.1. The summed E-state index contributed by atoms with van der Waals surface area (Å²) in [5.74, 6) is -1.60. The molecule has 1 atom stereocenters. The van der Waals surface area contributed by atoms with Crippen LogP contribution in [0.3, 0.4) is 0 Å². The molecule has 0 radical (unpaired) electrons. The molecule has 0 aliphatic heterocycles. The maximum Gasteiger partial charge on any atom is 0.306 e. The Morgan fingerprint density at radius 1 is 1.50 bits per heavy atom. The number of amides is 1. The van der Waals surface area contributed by atoms with Crippen molar-refractivity contribution in [2.24, 2.45) is 0 Å². The van der Waals surface area contributed by atoms with Crippen molar-refractivity contribution >= 4 is 27.8 Å². The highest BCUT2D eigenvalue weighted by Gasteiger charge is 2.25. The van der Waals surface area contributed by atoms with Crippen LogP contribution in [0.15, 0.2) is 22.8 Å². The maximum absolute atomic E-state index is 11.7. The van der Waals surface area contributed by atoms with Gasteiger partial charge in [-0.25, -0.2) is 4.98 Å². The Morgan fingerprint density at radius 2 is 2.17 bits per heavy atom. The Hall–Kier alpha value is -1.47. The fourth-order valence-electron chi connectivity index (χ4n) is 1.28. The summed E-state index contributed by atoms with van der Waals surface area (Å²) in [6, 6.07) is 4.85. The Kier molecular flexibility index (Phi) is 4.80. The Bertz CT molecular complexity index is 462. The number of hydrogen-bond acceptors (Lipinski definition) is 4. The van der Waals surface area contributed by atoms with E-state index >= 15 is 0 Å². The predicted octanol–water partition coefficient (Wildman–Crippen LogP) is 0.800. The van der Waals surface area contributed by atoms with Gasteiger partial charge < -0.3 is 15.5 Å². The smallest absolute Gasteiger partial charge is 0.306 e. The third-order valence-electron chi connectivity index (χ3n) is 2.11. The molecule has 98 valence electrons. The lowest BCUT2D eigenvalue weighted by Gasteiger charge is -2.21. The number of aliphatic carboxylic acids is 1. The Balaban J connectivity index is 2.58. The van der Waals surface area contributed by atoms with Gasteiger partial charge in [-0.15, -0.1) is 0 Å². The summed E-state index contributed by atoms with van der Waals surface area (Å²) in [6.07, 6.45) is -0.445. The number of hydrogen-bond donors (Lipinski definition) is 3. The molecule has 18 heavy (non-hydrogen) atoms. The third-order valence-corrected chi connectivity index (χ3v) is 2.55. The first-order chi connectivity index (χ1) is 8.30. The topological polar surface area (TPSA) is 99.5 Å². The van der Waals surface area contributed by atoms with Crippen LogP contribution in [0.4, 0.5) is 0 Å². The summed E-state index contributed by atoms with van der Waals surface area (Å²) >= 11 is 3.14. The minimum Gasteiger partial charge on any atom is -0.481 e. The third kappa shape index (κ3) is 4.80. The molecule has 6 nitrogen and oxygen atoms in total. The molecular formula is C11H13BrN2O4. The summed E-state index contributed by atoms with van der Waals surface area (Å²) in [6.45, 7) is 1.18. The highest BCUT2D eigenvalue weighted by Crippen LogP contribution is 2.09. The van der Waals surface area contributed by atoms with E-state index in [1.165, 1.54) is 13.0 Å². The number of aromatic nitrogens is 1. The van der Waals surface area contributed by atoms with Gasteiger partial charge in [0.05, 0.1) is 12.0 Å². The molecule has 1 heterocycles. The number of rotatable bonds is 5. The lowest BCUT2D eigenvalue weighted by atomic mass is 10.0. The van der Waals surface area contributed by atoms with E-state index in [-0.39, 0.29) is 12.2 Å². The largest absolute Gasteiger partial charge is 0.481 e. The van der Waals surface area contributed by atoms with Gasteiger partial charge in [-0.05, 0) is 35.0 Å². The molecular weight excluding hydrogens is 304 g/mol. The predicted molar refractivity (Wildman–Crippen MR) is 67.1 cm³/mol. The van der Waals surface area contributed by atoms with Gasteiger partial charge in [0.1, 0.15) is 10.3 Å². The number of carbonyl (C=O) groups is 2. The second-order valence-electron chi connectivity index (χ2n) is 4.10.